The molecule has 0 atom stereocenters. The van der Waals surface area contributed by atoms with Crippen LogP contribution in [0, 0.1) is 5.92 Å². The number of piperidine rings is 1. The number of nitrogens with zero attached hydrogens (tertiary/aromatic N) is 1. The Labute approximate surface area is 139 Å². The zero-order valence-corrected chi connectivity index (χ0v) is 14.2. The number of hydrogen-bond acceptors (Lipinski definition) is 4. The van der Waals surface area contributed by atoms with Gasteiger partial charge in [-0.2, -0.15) is 0 Å². The highest BCUT2D eigenvalue weighted by atomic mass is 16.5. The first-order valence-electron chi connectivity index (χ1n) is 8.35. The number of amides is 1. The molecule has 2 rings (SSSR count). The summed E-state index contributed by atoms with van der Waals surface area (Å²) in [5.41, 5.74) is 1.21. The Hall–Kier alpha value is -1.59. The molecule has 128 valence electrons. The normalized spacial score (nSPS) is 16.3. The van der Waals surface area contributed by atoms with Crippen LogP contribution in [0.15, 0.2) is 24.3 Å². The number of para-hydroxylation sites is 1. The number of nitrogens with one attached hydrogen (secondary N) is 1. The molecule has 1 aromatic carbocycles. The fourth-order valence-corrected chi connectivity index (χ4v) is 3.00. The van der Waals surface area contributed by atoms with Gasteiger partial charge in [0.15, 0.2) is 0 Å². The Bertz CT molecular complexity index is 485. The van der Waals surface area contributed by atoms with E-state index in [1.54, 1.807) is 14.2 Å². The van der Waals surface area contributed by atoms with Gasteiger partial charge in [0.25, 0.3) is 0 Å². The number of ether oxygens (including phenoxy) is 2. The molecule has 0 spiro atoms. The zero-order valence-electron chi connectivity index (χ0n) is 14.2. The molecule has 0 aromatic heterocycles. The van der Waals surface area contributed by atoms with E-state index < -0.39 is 0 Å². The third-order valence-electron chi connectivity index (χ3n) is 4.37. The Morgan fingerprint density at radius 1 is 1.26 bits per heavy atom. The van der Waals surface area contributed by atoms with Crippen LogP contribution in [0.3, 0.4) is 0 Å². The van der Waals surface area contributed by atoms with Crippen molar-refractivity contribution >= 4 is 5.91 Å². The van der Waals surface area contributed by atoms with Gasteiger partial charge in [0, 0.05) is 38.3 Å². The van der Waals surface area contributed by atoms with E-state index in [4.69, 9.17) is 9.47 Å². The number of carbonyl (C=O) groups excluding carboxylic acids is 1. The van der Waals surface area contributed by atoms with Gasteiger partial charge in [-0.15, -0.1) is 0 Å². The second kappa shape index (κ2) is 9.53. The van der Waals surface area contributed by atoms with Gasteiger partial charge in [-0.05, 0) is 38.4 Å². The summed E-state index contributed by atoms with van der Waals surface area (Å²) in [6.07, 6.45) is 2.71. The smallest absolute Gasteiger partial charge is 0.223 e. The maximum atomic E-state index is 12.1. The molecule has 1 amide bonds. The molecular weight excluding hydrogens is 292 g/mol. The summed E-state index contributed by atoms with van der Waals surface area (Å²) < 4.78 is 10.4. The summed E-state index contributed by atoms with van der Waals surface area (Å²) in [5.74, 6) is 1.27. The van der Waals surface area contributed by atoms with E-state index in [-0.39, 0.29) is 11.8 Å². The van der Waals surface area contributed by atoms with Crippen LogP contribution in [0.5, 0.6) is 5.75 Å². The summed E-state index contributed by atoms with van der Waals surface area (Å²) in [6.45, 7) is 4.18. The van der Waals surface area contributed by atoms with Crippen molar-refractivity contribution in [3.63, 3.8) is 0 Å². The van der Waals surface area contributed by atoms with Gasteiger partial charge in [0.1, 0.15) is 5.75 Å². The van der Waals surface area contributed by atoms with Crippen LogP contribution in [-0.2, 0) is 16.1 Å². The van der Waals surface area contributed by atoms with Gasteiger partial charge in [-0.25, -0.2) is 0 Å². The van der Waals surface area contributed by atoms with Crippen molar-refractivity contribution in [2.24, 2.45) is 5.92 Å². The van der Waals surface area contributed by atoms with E-state index in [9.17, 15) is 4.79 Å². The molecule has 23 heavy (non-hydrogen) atoms. The van der Waals surface area contributed by atoms with Crippen LogP contribution in [0.4, 0.5) is 0 Å². The molecule has 1 fully saturated rings. The molecule has 1 aliphatic heterocycles. The summed E-state index contributed by atoms with van der Waals surface area (Å²) in [6, 6.07) is 8.13. The van der Waals surface area contributed by atoms with Gasteiger partial charge in [-0.1, -0.05) is 18.2 Å². The summed E-state index contributed by atoms with van der Waals surface area (Å²) in [7, 11) is 3.39. The fraction of sp³-hybridized carbons (Fsp3) is 0.611. The minimum absolute atomic E-state index is 0.145. The molecule has 1 saturated heterocycles. The van der Waals surface area contributed by atoms with Gasteiger partial charge >= 0.3 is 0 Å². The lowest BCUT2D eigenvalue weighted by Gasteiger charge is -2.31. The van der Waals surface area contributed by atoms with Crippen LogP contribution in [-0.4, -0.2) is 51.3 Å². The van der Waals surface area contributed by atoms with Gasteiger partial charge < -0.3 is 14.8 Å². The first kappa shape index (κ1) is 17.8. The number of carbonyl (C=O) groups is 1. The van der Waals surface area contributed by atoms with E-state index in [2.05, 4.69) is 16.3 Å². The van der Waals surface area contributed by atoms with Crippen molar-refractivity contribution in [2.75, 3.05) is 40.5 Å². The topological polar surface area (TPSA) is 50.8 Å². The molecule has 5 nitrogen and oxygen atoms in total. The number of rotatable bonds is 8. The lowest BCUT2D eigenvalue weighted by atomic mass is 9.95. The quantitative estimate of drug-likeness (QED) is 0.745. The van der Waals surface area contributed by atoms with Crippen molar-refractivity contribution in [3.8, 4) is 5.75 Å². The maximum absolute atomic E-state index is 12.1. The first-order valence-corrected chi connectivity index (χ1v) is 8.35. The average molecular weight is 320 g/mol. The molecule has 1 N–H and O–H groups in total. The number of methoxy groups -OCH3 is 2. The SMILES string of the molecule is COCCCNC(=O)C1CCN(Cc2ccccc2OC)CC1. The zero-order chi connectivity index (χ0) is 16.5. The van der Waals surface area contributed by atoms with Crippen LogP contribution in [0.25, 0.3) is 0 Å². The number of benzene rings is 1. The van der Waals surface area contributed by atoms with E-state index >= 15 is 0 Å². The molecule has 1 heterocycles. The second-order valence-electron chi connectivity index (χ2n) is 6.00. The monoisotopic (exact) mass is 320 g/mol. The molecule has 0 saturated carbocycles. The summed E-state index contributed by atoms with van der Waals surface area (Å²) in [4.78, 5) is 14.5. The molecular formula is C18H28N2O3. The van der Waals surface area contributed by atoms with E-state index in [0.29, 0.717) is 13.2 Å². The summed E-state index contributed by atoms with van der Waals surface area (Å²) in [5, 5.41) is 3.01. The highest BCUT2D eigenvalue weighted by Gasteiger charge is 2.25. The van der Waals surface area contributed by atoms with Crippen LogP contribution in [0.1, 0.15) is 24.8 Å². The predicted molar refractivity (Wildman–Crippen MR) is 90.5 cm³/mol. The van der Waals surface area contributed by atoms with Gasteiger partial charge in [0.05, 0.1) is 7.11 Å². The Morgan fingerprint density at radius 3 is 2.70 bits per heavy atom. The minimum atomic E-state index is 0.145. The summed E-state index contributed by atoms with van der Waals surface area (Å²) >= 11 is 0. The average Bonchev–Trinajstić information content (AvgIpc) is 2.59. The Kier molecular flexibility index (Phi) is 7.36. The van der Waals surface area contributed by atoms with Crippen molar-refractivity contribution in [1.82, 2.24) is 10.2 Å². The number of hydrogen-bond donors (Lipinski definition) is 1. The van der Waals surface area contributed by atoms with Crippen LogP contribution in [0.2, 0.25) is 0 Å². The molecule has 0 aliphatic carbocycles. The van der Waals surface area contributed by atoms with Crippen LogP contribution >= 0.6 is 0 Å². The van der Waals surface area contributed by atoms with Crippen molar-refractivity contribution < 1.29 is 14.3 Å². The van der Waals surface area contributed by atoms with Gasteiger partial charge in [-0.3, -0.25) is 9.69 Å². The molecule has 0 unspecified atom stereocenters. The Morgan fingerprint density at radius 2 is 2.00 bits per heavy atom. The molecule has 1 aliphatic rings. The van der Waals surface area contributed by atoms with Gasteiger partial charge in [0.2, 0.25) is 5.91 Å². The fourth-order valence-electron chi connectivity index (χ4n) is 3.00. The third kappa shape index (κ3) is 5.52. The molecule has 0 bridgehead atoms. The third-order valence-corrected chi connectivity index (χ3v) is 4.37. The van der Waals surface area contributed by atoms with E-state index in [0.717, 1.165) is 44.6 Å². The van der Waals surface area contributed by atoms with Crippen molar-refractivity contribution in [2.45, 2.75) is 25.8 Å². The second-order valence-corrected chi connectivity index (χ2v) is 6.00. The standard InChI is InChI=1S/C18H28N2O3/c1-22-13-5-10-19-18(21)15-8-11-20(12-9-15)14-16-6-3-4-7-17(16)23-2/h3-4,6-7,15H,5,8-14H2,1-2H3,(H,19,21). The van der Waals surface area contributed by atoms with E-state index in [1.807, 2.05) is 18.2 Å². The predicted octanol–water partition coefficient (Wildman–Crippen LogP) is 2.06. The molecule has 0 radical (unpaired) electrons. The highest BCUT2D eigenvalue weighted by Crippen LogP contribution is 2.23. The van der Waals surface area contributed by atoms with E-state index in [1.165, 1.54) is 5.56 Å². The first-order chi connectivity index (χ1) is 11.2. The highest BCUT2D eigenvalue weighted by molar-refractivity contribution is 5.78. The Balaban J connectivity index is 1.74. The lowest BCUT2D eigenvalue weighted by molar-refractivity contribution is -0.126. The van der Waals surface area contributed by atoms with Crippen molar-refractivity contribution in [3.05, 3.63) is 29.8 Å². The maximum Gasteiger partial charge on any atom is 0.223 e. The van der Waals surface area contributed by atoms with Crippen molar-refractivity contribution in [1.29, 1.82) is 0 Å². The molecule has 1 aromatic rings. The number of likely N-dealkylation sites (tertiary alicyclic amines) is 1. The largest absolute Gasteiger partial charge is 0.496 e. The van der Waals surface area contributed by atoms with Crippen LogP contribution < -0.4 is 10.1 Å². The lowest BCUT2D eigenvalue weighted by Crippen LogP contribution is -2.40. The minimum Gasteiger partial charge on any atom is -0.496 e. The molecule has 5 heteroatoms.